The SMILES string of the molecule is C#CC(C)NS(=O)(=O)c1cncc(Br)c1. The zero-order chi connectivity index (χ0) is 11.5. The number of rotatable bonds is 3. The highest BCUT2D eigenvalue weighted by Crippen LogP contribution is 2.14. The normalized spacial score (nSPS) is 13.1. The predicted molar refractivity (Wildman–Crippen MR) is 60.6 cm³/mol. The van der Waals surface area contributed by atoms with E-state index in [1.165, 1.54) is 18.5 Å². The molecule has 15 heavy (non-hydrogen) atoms. The van der Waals surface area contributed by atoms with Crippen LogP contribution in [0.25, 0.3) is 0 Å². The number of nitrogens with one attached hydrogen (secondary N) is 1. The Morgan fingerprint density at radius 2 is 2.27 bits per heavy atom. The summed E-state index contributed by atoms with van der Waals surface area (Å²) in [6.07, 6.45) is 7.85. The number of sulfonamides is 1. The van der Waals surface area contributed by atoms with Crippen molar-refractivity contribution in [2.24, 2.45) is 0 Å². The molecule has 1 aromatic heterocycles. The van der Waals surface area contributed by atoms with Crippen LogP contribution in [-0.4, -0.2) is 19.4 Å². The molecule has 0 fully saturated rings. The Balaban J connectivity index is 3.03. The Labute approximate surface area is 97.3 Å². The van der Waals surface area contributed by atoms with Crippen molar-refractivity contribution in [1.82, 2.24) is 9.71 Å². The van der Waals surface area contributed by atoms with Crippen molar-refractivity contribution in [3.05, 3.63) is 22.9 Å². The van der Waals surface area contributed by atoms with E-state index in [1.807, 2.05) is 0 Å². The molecule has 80 valence electrons. The first kappa shape index (κ1) is 12.2. The maximum atomic E-state index is 11.7. The molecule has 0 radical (unpaired) electrons. The second kappa shape index (κ2) is 4.75. The molecule has 0 saturated carbocycles. The lowest BCUT2D eigenvalue weighted by molar-refractivity contribution is 0.577. The molecule has 1 rings (SSSR count). The molecule has 0 saturated heterocycles. The Bertz CT molecular complexity index is 493. The van der Waals surface area contributed by atoms with Crippen molar-refractivity contribution < 1.29 is 8.42 Å². The average Bonchev–Trinajstić information content (AvgIpc) is 2.17. The third-order valence-corrected chi connectivity index (χ3v) is 3.51. The summed E-state index contributed by atoms with van der Waals surface area (Å²) in [5.41, 5.74) is 0. The van der Waals surface area contributed by atoms with Gasteiger partial charge < -0.3 is 0 Å². The fraction of sp³-hybridized carbons (Fsp3) is 0.222. The molecule has 1 atom stereocenters. The van der Waals surface area contributed by atoms with Crippen molar-refractivity contribution >= 4 is 26.0 Å². The highest BCUT2D eigenvalue weighted by atomic mass is 79.9. The molecule has 0 aliphatic carbocycles. The summed E-state index contributed by atoms with van der Waals surface area (Å²) in [4.78, 5) is 3.85. The highest BCUT2D eigenvalue weighted by Gasteiger charge is 2.16. The van der Waals surface area contributed by atoms with E-state index >= 15 is 0 Å². The quantitative estimate of drug-likeness (QED) is 0.849. The maximum Gasteiger partial charge on any atom is 0.243 e. The number of hydrogen-bond donors (Lipinski definition) is 1. The van der Waals surface area contributed by atoms with Gasteiger partial charge in [-0.25, -0.2) is 8.42 Å². The Morgan fingerprint density at radius 3 is 2.80 bits per heavy atom. The van der Waals surface area contributed by atoms with Crippen LogP contribution < -0.4 is 4.72 Å². The Morgan fingerprint density at radius 1 is 1.60 bits per heavy atom. The Hall–Kier alpha value is -0.900. The van der Waals surface area contributed by atoms with Crippen LogP contribution in [0.2, 0.25) is 0 Å². The molecule has 0 spiro atoms. The van der Waals surface area contributed by atoms with Crippen LogP contribution in [0.1, 0.15) is 6.92 Å². The summed E-state index contributed by atoms with van der Waals surface area (Å²) in [5.74, 6) is 2.28. The number of aromatic nitrogens is 1. The van der Waals surface area contributed by atoms with Gasteiger partial charge in [-0.1, -0.05) is 5.92 Å². The van der Waals surface area contributed by atoms with Gasteiger partial charge in [0.05, 0.1) is 6.04 Å². The lowest BCUT2D eigenvalue weighted by Crippen LogP contribution is -2.31. The minimum absolute atomic E-state index is 0.0824. The summed E-state index contributed by atoms with van der Waals surface area (Å²) in [6, 6.07) is 0.910. The zero-order valence-corrected chi connectivity index (χ0v) is 10.3. The van der Waals surface area contributed by atoms with Crippen molar-refractivity contribution in [3.8, 4) is 12.3 Å². The molecule has 0 amide bonds. The molecule has 0 aliphatic rings. The van der Waals surface area contributed by atoms with E-state index in [4.69, 9.17) is 6.42 Å². The molecule has 0 bridgehead atoms. The van der Waals surface area contributed by atoms with Crippen LogP contribution in [0.5, 0.6) is 0 Å². The standard InChI is InChI=1S/C9H9BrN2O2S/c1-3-7(2)12-15(13,14)9-4-8(10)5-11-6-9/h1,4-7,12H,2H3. The van der Waals surface area contributed by atoms with Gasteiger partial charge in [0.15, 0.2) is 0 Å². The molecular formula is C9H9BrN2O2S. The van der Waals surface area contributed by atoms with Crippen LogP contribution in [-0.2, 0) is 10.0 Å². The molecular weight excluding hydrogens is 280 g/mol. The minimum atomic E-state index is -3.58. The summed E-state index contributed by atoms with van der Waals surface area (Å²) in [7, 11) is -3.58. The first-order valence-electron chi connectivity index (χ1n) is 4.05. The molecule has 0 aromatic carbocycles. The van der Waals surface area contributed by atoms with E-state index in [-0.39, 0.29) is 4.90 Å². The van der Waals surface area contributed by atoms with Gasteiger partial charge in [0.2, 0.25) is 10.0 Å². The largest absolute Gasteiger partial charge is 0.262 e. The second-order valence-corrected chi connectivity index (χ2v) is 5.48. The van der Waals surface area contributed by atoms with E-state index in [2.05, 4.69) is 31.6 Å². The van der Waals surface area contributed by atoms with E-state index in [9.17, 15) is 8.42 Å². The molecule has 1 unspecified atom stereocenters. The number of terminal acetylenes is 1. The molecule has 0 aliphatic heterocycles. The molecule has 1 aromatic rings. The molecule has 6 heteroatoms. The van der Waals surface area contributed by atoms with Crippen LogP contribution in [0.15, 0.2) is 27.8 Å². The summed E-state index contributed by atoms with van der Waals surface area (Å²) < 4.78 is 26.3. The average molecular weight is 289 g/mol. The first-order valence-corrected chi connectivity index (χ1v) is 6.32. The summed E-state index contributed by atoms with van der Waals surface area (Å²) in [6.45, 7) is 1.59. The van der Waals surface area contributed by atoms with Crippen molar-refractivity contribution in [3.63, 3.8) is 0 Å². The van der Waals surface area contributed by atoms with E-state index in [0.29, 0.717) is 4.47 Å². The maximum absolute atomic E-state index is 11.7. The van der Waals surface area contributed by atoms with Gasteiger partial charge in [0.1, 0.15) is 4.90 Å². The van der Waals surface area contributed by atoms with Crippen molar-refractivity contribution in [2.45, 2.75) is 17.9 Å². The van der Waals surface area contributed by atoms with Crippen LogP contribution >= 0.6 is 15.9 Å². The van der Waals surface area contributed by atoms with Crippen molar-refractivity contribution in [1.29, 1.82) is 0 Å². The van der Waals surface area contributed by atoms with Crippen LogP contribution in [0, 0.1) is 12.3 Å². The van der Waals surface area contributed by atoms with Gasteiger partial charge >= 0.3 is 0 Å². The summed E-state index contributed by atoms with van der Waals surface area (Å²) in [5, 5.41) is 0. The number of halogens is 1. The van der Waals surface area contributed by atoms with Gasteiger partial charge in [-0.3, -0.25) is 4.98 Å². The van der Waals surface area contributed by atoms with E-state index in [0.717, 1.165) is 0 Å². The molecule has 1 heterocycles. The lowest BCUT2D eigenvalue weighted by atomic mass is 10.4. The molecule has 4 nitrogen and oxygen atoms in total. The van der Waals surface area contributed by atoms with E-state index in [1.54, 1.807) is 6.92 Å². The fourth-order valence-corrected chi connectivity index (χ4v) is 2.54. The number of hydrogen-bond acceptors (Lipinski definition) is 3. The second-order valence-electron chi connectivity index (χ2n) is 2.85. The topological polar surface area (TPSA) is 59.1 Å². The van der Waals surface area contributed by atoms with Crippen LogP contribution in [0.4, 0.5) is 0 Å². The van der Waals surface area contributed by atoms with Crippen LogP contribution in [0.3, 0.4) is 0 Å². The van der Waals surface area contributed by atoms with Gasteiger partial charge in [-0.15, -0.1) is 6.42 Å². The van der Waals surface area contributed by atoms with Gasteiger partial charge in [-0.05, 0) is 28.9 Å². The van der Waals surface area contributed by atoms with E-state index < -0.39 is 16.1 Å². The smallest absolute Gasteiger partial charge is 0.243 e. The third-order valence-electron chi connectivity index (χ3n) is 1.57. The fourth-order valence-electron chi connectivity index (χ4n) is 0.874. The first-order chi connectivity index (χ1) is 6.95. The number of pyridine rings is 1. The van der Waals surface area contributed by atoms with Gasteiger partial charge in [-0.2, -0.15) is 4.72 Å². The lowest BCUT2D eigenvalue weighted by Gasteiger charge is -2.08. The monoisotopic (exact) mass is 288 g/mol. The van der Waals surface area contributed by atoms with Gasteiger partial charge in [0.25, 0.3) is 0 Å². The van der Waals surface area contributed by atoms with Crippen molar-refractivity contribution in [2.75, 3.05) is 0 Å². The predicted octanol–water partition coefficient (Wildman–Crippen LogP) is 1.14. The molecule has 1 N–H and O–H groups in total. The summed E-state index contributed by atoms with van der Waals surface area (Å²) >= 11 is 3.14. The zero-order valence-electron chi connectivity index (χ0n) is 7.94. The highest BCUT2D eigenvalue weighted by molar-refractivity contribution is 9.10. The number of nitrogens with zero attached hydrogens (tertiary/aromatic N) is 1. The Kier molecular flexibility index (Phi) is 3.85. The minimum Gasteiger partial charge on any atom is -0.262 e. The van der Waals surface area contributed by atoms with Gasteiger partial charge in [0, 0.05) is 16.9 Å². The third kappa shape index (κ3) is 3.30.